The van der Waals surface area contributed by atoms with Crippen molar-refractivity contribution in [1.82, 2.24) is 5.16 Å². The van der Waals surface area contributed by atoms with Gasteiger partial charge in [-0.1, -0.05) is 28.5 Å². The van der Waals surface area contributed by atoms with E-state index in [1.807, 2.05) is 18.2 Å². The van der Waals surface area contributed by atoms with Gasteiger partial charge >= 0.3 is 0 Å². The highest BCUT2D eigenvalue weighted by molar-refractivity contribution is 6.04. The Labute approximate surface area is 121 Å². The van der Waals surface area contributed by atoms with Gasteiger partial charge in [0.15, 0.2) is 0 Å². The highest BCUT2D eigenvalue weighted by Crippen LogP contribution is 2.17. The summed E-state index contributed by atoms with van der Waals surface area (Å²) < 4.78 is 5.01. The fraction of sp³-hybridized carbons (Fsp3) is 0.214. The van der Waals surface area contributed by atoms with Crippen molar-refractivity contribution in [1.29, 1.82) is 0 Å². The van der Waals surface area contributed by atoms with E-state index in [4.69, 9.17) is 15.5 Å². The van der Waals surface area contributed by atoms with E-state index in [0.717, 1.165) is 0 Å². The molecule has 0 saturated heterocycles. The number of aryl methyl sites for hydroxylation is 1. The number of anilines is 1. The zero-order chi connectivity index (χ0) is 15.2. The highest BCUT2D eigenvalue weighted by Gasteiger charge is 2.21. The molecule has 0 radical (unpaired) electrons. The predicted molar refractivity (Wildman–Crippen MR) is 77.4 cm³/mol. The standard InChI is InChI=1S/C14H16N4O3/c1-10-9-12(21-17-10)14(19)18(8-7-13(15)16-20)11-5-3-2-4-6-11/h2-6,9,20H,7-8H2,1H3,(H2,15,16). The molecule has 21 heavy (non-hydrogen) atoms. The van der Waals surface area contributed by atoms with Crippen molar-refractivity contribution >= 4 is 17.4 Å². The van der Waals surface area contributed by atoms with Gasteiger partial charge in [0.05, 0.1) is 5.69 Å². The van der Waals surface area contributed by atoms with Gasteiger partial charge in [0.2, 0.25) is 5.76 Å². The van der Waals surface area contributed by atoms with Gasteiger partial charge in [0.25, 0.3) is 5.91 Å². The molecule has 1 amide bonds. The van der Waals surface area contributed by atoms with Crippen LogP contribution in [-0.4, -0.2) is 28.7 Å². The first-order chi connectivity index (χ1) is 10.1. The second-order valence-electron chi connectivity index (χ2n) is 4.47. The Morgan fingerprint density at radius 2 is 2.14 bits per heavy atom. The van der Waals surface area contributed by atoms with Crippen LogP contribution in [-0.2, 0) is 0 Å². The maximum atomic E-state index is 12.5. The first-order valence-corrected chi connectivity index (χ1v) is 6.38. The summed E-state index contributed by atoms with van der Waals surface area (Å²) in [5.74, 6) is -0.124. The third kappa shape index (κ3) is 3.59. The Kier molecular flexibility index (Phi) is 4.55. The van der Waals surface area contributed by atoms with Gasteiger partial charge in [-0.2, -0.15) is 0 Å². The number of benzene rings is 1. The van der Waals surface area contributed by atoms with Crippen molar-refractivity contribution < 1.29 is 14.5 Å². The largest absolute Gasteiger partial charge is 0.409 e. The average molecular weight is 288 g/mol. The molecule has 1 aromatic heterocycles. The SMILES string of the molecule is Cc1cc(C(=O)N(CCC(N)=NO)c2ccccc2)on1. The number of amidine groups is 1. The van der Waals surface area contributed by atoms with Crippen LogP contribution in [0.4, 0.5) is 5.69 Å². The molecule has 2 aromatic rings. The van der Waals surface area contributed by atoms with E-state index in [-0.39, 0.29) is 30.5 Å². The number of carbonyl (C=O) groups is 1. The number of carbonyl (C=O) groups excluding carboxylic acids is 1. The van der Waals surface area contributed by atoms with Crippen LogP contribution in [0, 0.1) is 6.92 Å². The molecule has 0 bridgehead atoms. The molecule has 0 aliphatic carbocycles. The van der Waals surface area contributed by atoms with Gasteiger partial charge in [-0.05, 0) is 19.1 Å². The van der Waals surface area contributed by atoms with Crippen LogP contribution in [0.1, 0.15) is 22.7 Å². The Bertz CT molecular complexity index is 637. The smallest absolute Gasteiger partial charge is 0.296 e. The quantitative estimate of drug-likeness (QED) is 0.377. The summed E-state index contributed by atoms with van der Waals surface area (Å²) >= 11 is 0. The molecule has 0 spiro atoms. The molecule has 0 atom stereocenters. The molecule has 7 heteroatoms. The molecule has 3 N–H and O–H groups in total. The topological polar surface area (TPSA) is 105 Å². The lowest BCUT2D eigenvalue weighted by Crippen LogP contribution is -2.34. The first kappa shape index (κ1) is 14.6. The van der Waals surface area contributed by atoms with Crippen LogP contribution in [0.25, 0.3) is 0 Å². The number of rotatable bonds is 5. The van der Waals surface area contributed by atoms with Crippen LogP contribution in [0.2, 0.25) is 0 Å². The normalized spacial score (nSPS) is 11.4. The summed E-state index contributed by atoms with van der Waals surface area (Å²) in [4.78, 5) is 14.0. The molecule has 0 fully saturated rings. The molecule has 110 valence electrons. The zero-order valence-electron chi connectivity index (χ0n) is 11.6. The van der Waals surface area contributed by atoms with Crippen LogP contribution >= 0.6 is 0 Å². The van der Waals surface area contributed by atoms with Crippen molar-refractivity contribution in [3.05, 3.63) is 47.9 Å². The van der Waals surface area contributed by atoms with E-state index in [2.05, 4.69) is 10.3 Å². The van der Waals surface area contributed by atoms with Crippen molar-refractivity contribution in [3.8, 4) is 0 Å². The third-order valence-corrected chi connectivity index (χ3v) is 2.87. The molecular weight excluding hydrogens is 272 g/mol. The highest BCUT2D eigenvalue weighted by atomic mass is 16.5. The van der Waals surface area contributed by atoms with E-state index in [1.165, 1.54) is 4.90 Å². The minimum Gasteiger partial charge on any atom is -0.409 e. The van der Waals surface area contributed by atoms with E-state index in [1.54, 1.807) is 25.1 Å². The van der Waals surface area contributed by atoms with Crippen molar-refractivity contribution in [2.45, 2.75) is 13.3 Å². The molecule has 1 heterocycles. The number of nitrogens with zero attached hydrogens (tertiary/aromatic N) is 3. The van der Waals surface area contributed by atoms with Crippen LogP contribution in [0.5, 0.6) is 0 Å². The number of para-hydroxylation sites is 1. The summed E-state index contributed by atoms with van der Waals surface area (Å²) in [7, 11) is 0. The molecule has 2 rings (SSSR count). The zero-order valence-corrected chi connectivity index (χ0v) is 11.6. The minimum atomic E-state index is -0.326. The number of hydrogen-bond donors (Lipinski definition) is 2. The van der Waals surface area contributed by atoms with Gasteiger partial charge in [-0.3, -0.25) is 4.79 Å². The second-order valence-corrected chi connectivity index (χ2v) is 4.47. The lowest BCUT2D eigenvalue weighted by atomic mass is 10.2. The fourth-order valence-corrected chi connectivity index (χ4v) is 1.83. The molecule has 0 aliphatic heterocycles. The lowest BCUT2D eigenvalue weighted by Gasteiger charge is -2.21. The van der Waals surface area contributed by atoms with E-state index in [0.29, 0.717) is 11.4 Å². The van der Waals surface area contributed by atoms with Gasteiger partial charge < -0.3 is 20.4 Å². The van der Waals surface area contributed by atoms with Gasteiger partial charge in [-0.15, -0.1) is 0 Å². The summed E-state index contributed by atoms with van der Waals surface area (Å²) in [6, 6.07) is 10.7. The number of amides is 1. The van der Waals surface area contributed by atoms with E-state index >= 15 is 0 Å². The van der Waals surface area contributed by atoms with Gasteiger partial charge in [0, 0.05) is 24.7 Å². The Hall–Kier alpha value is -2.83. The number of aromatic nitrogens is 1. The Balaban J connectivity index is 2.25. The van der Waals surface area contributed by atoms with E-state index in [9.17, 15) is 4.79 Å². The Morgan fingerprint density at radius 3 is 2.71 bits per heavy atom. The predicted octanol–water partition coefficient (Wildman–Crippen LogP) is 1.77. The third-order valence-electron chi connectivity index (χ3n) is 2.87. The Morgan fingerprint density at radius 1 is 1.43 bits per heavy atom. The van der Waals surface area contributed by atoms with Crippen molar-refractivity contribution in [3.63, 3.8) is 0 Å². The molecule has 0 unspecified atom stereocenters. The maximum Gasteiger partial charge on any atom is 0.296 e. The van der Waals surface area contributed by atoms with Crippen LogP contribution in [0.3, 0.4) is 0 Å². The van der Waals surface area contributed by atoms with Crippen molar-refractivity contribution in [2.24, 2.45) is 10.9 Å². The van der Waals surface area contributed by atoms with Crippen LogP contribution in [0.15, 0.2) is 46.1 Å². The molecule has 0 saturated carbocycles. The number of oxime groups is 1. The molecule has 7 nitrogen and oxygen atoms in total. The monoisotopic (exact) mass is 288 g/mol. The van der Waals surface area contributed by atoms with Crippen molar-refractivity contribution in [2.75, 3.05) is 11.4 Å². The van der Waals surface area contributed by atoms with Crippen LogP contribution < -0.4 is 10.6 Å². The maximum absolute atomic E-state index is 12.5. The minimum absolute atomic E-state index is 0.0532. The summed E-state index contributed by atoms with van der Waals surface area (Å²) in [6.07, 6.45) is 0.240. The second kappa shape index (κ2) is 6.56. The molecule has 0 aliphatic rings. The van der Waals surface area contributed by atoms with Gasteiger partial charge in [-0.25, -0.2) is 0 Å². The first-order valence-electron chi connectivity index (χ1n) is 6.38. The lowest BCUT2D eigenvalue weighted by molar-refractivity contribution is 0.0952. The number of hydrogen-bond acceptors (Lipinski definition) is 5. The molecule has 1 aromatic carbocycles. The molecular formula is C14H16N4O3. The van der Waals surface area contributed by atoms with E-state index < -0.39 is 0 Å². The number of nitrogens with two attached hydrogens (primary N) is 1. The fourth-order valence-electron chi connectivity index (χ4n) is 1.83. The summed E-state index contributed by atoms with van der Waals surface area (Å²) in [6.45, 7) is 2.00. The average Bonchev–Trinajstić information content (AvgIpc) is 2.94. The van der Waals surface area contributed by atoms with Gasteiger partial charge in [0.1, 0.15) is 5.84 Å². The summed E-state index contributed by atoms with van der Waals surface area (Å²) in [5, 5.41) is 15.2. The summed E-state index contributed by atoms with van der Waals surface area (Å²) in [5.41, 5.74) is 6.79.